The molecule has 1 atom stereocenters. The second-order valence-corrected chi connectivity index (χ2v) is 7.88. The van der Waals surface area contributed by atoms with Crippen molar-refractivity contribution in [3.8, 4) is 0 Å². The highest BCUT2D eigenvalue weighted by atomic mass is 32.2. The molecule has 1 saturated heterocycles. The topological polar surface area (TPSA) is 84.8 Å². The van der Waals surface area contributed by atoms with Gasteiger partial charge in [-0.15, -0.1) is 0 Å². The number of anilines is 1. The molecule has 21 heavy (non-hydrogen) atoms. The smallest absolute Gasteiger partial charge is 0.298 e. The maximum atomic E-state index is 11.6. The van der Waals surface area contributed by atoms with Gasteiger partial charge < -0.3 is 0 Å². The van der Waals surface area contributed by atoms with Gasteiger partial charge in [-0.05, 0) is 25.3 Å². The van der Waals surface area contributed by atoms with Crippen LogP contribution in [0.3, 0.4) is 0 Å². The first-order valence-electron chi connectivity index (χ1n) is 6.24. The molecule has 0 spiro atoms. The lowest BCUT2D eigenvalue weighted by molar-refractivity contribution is 0.166. The number of amides is 1. The monoisotopic (exact) mass is 328 g/mol. The summed E-state index contributed by atoms with van der Waals surface area (Å²) in [6.45, 7) is 1.94. The Balaban J connectivity index is 1.97. The van der Waals surface area contributed by atoms with Gasteiger partial charge in [0.05, 0.1) is 22.5 Å². The molecule has 0 aliphatic carbocycles. The van der Waals surface area contributed by atoms with Crippen molar-refractivity contribution in [3.05, 3.63) is 29.8 Å². The van der Waals surface area contributed by atoms with E-state index < -0.39 is 15.9 Å². The van der Waals surface area contributed by atoms with Crippen LogP contribution in [-0.4, -0.2) is 43.2 Å². The predicted molar refractivity (Wildman–Crippen MR) is 84.7 cm³/mol. The molecule has 114 valence electrons. The predicted octanol–water partition coefficient (Wildman–Crippen LogP) is 2.06. The van der Waals surface area contributed by atoms with Gasteiger partial charge in [-0.2, -0.15) is 11.8 Å². The van der Waals surface area contributed by atoms with Crippen LogP contribution in [0.1, 0.15) is 5.56 Å². The van der Waals surface area contributed by atoms with E-state index in [1.807, 2.05) is 19.1 Å². The third kappa shape index (κ3) is 4.47. The van der Waals surface area contributed by atoms with Crippen LogP contribution in [0, 0.1) is 6.92 Å². The first-order valence-corrected chi connectivity index (χ1v) is 9.35. The summed E-state index contributed by atoms with van der Waals surface area (Å²) >= 11 is 1.38. The molecule has 1 N–H and O–H groups in total. The summed E-state index contributed by atoms with van der Waals surface area (Å²) in [6.07, 6.45) is 1.06. The van der Waals surface area contributed by atoms with Crippen molar-refractivity contribution < 1.29 is 18.0 Å². The summed E-state index contributed by atoms with van der Waals surface area (Å²) in [4.78, 5) is 16.4. The summed E-state index contributed by atoms with van der Waals surface area (Å²) in [5.41, 5.74) is 2.04. The van der Waals surface area contributed by atoms with Crippen LogP contribution in [0.15, 0.2) is 29.4 Å². The summed E-state index contributed by atoms with van der Waals surface area (Å²) in [5.74, 6) is -0.119. The standard InChI is InChI=1S/C13H16N2O4S2/c1-9-3-5-10(6-4-9)14-13(16)19-15-11-7-21(17,18)8-12(11)20-2/h3-6,12H,7-8H2,1-2H3,(H,14,16)/b15-11+/t12-/m0/s1. The Morgan fingerprint density at radius 2 is 2.05 bits per heavy atom. The molecular formula is C13H16N2O4S2. The molecule has 6 nitrogen and oxygen atoms in total. The number of rotatable bonds is 3. The summed E-state index contributed by atoms with van der Waals surface area (Å²) in [5, 5.41) is 5.96. The highest BCUT2D eigenvalue weighted by Crippen LogP contribution is 2.20. The minimum absolute atomic E-state index is 0.0376. The molecule has 1 amide bonds. The Kier molecular flexibility index (Phi) is 4.89. The Morgan fingerprint density at radius 3 is 2.67 bits per heavy atom. The van der Waals surface area contributed by atoms with E-state index in [9.17, 15) is 13.2 Å². The van der Waals surface area contributed by atoms with Gasteiger partial charge in [0.15, 0.2) is 9.84 Å². The SMILES string of the molecule is CS[C@H]1CS(=O)(=O)C/C1=N\OC(=O)Nc1ccc(C)cc1. The molecule has 1 aromatic rings. The van der Waals surface area contributed by atoms with E-state index >= 15 is 0 Å². The van der Waals surface area contributed by atoms with Crippen LogP contribution in [0.5, 0.6) is 0 Å². The van der Waals surface area contributed by atoms with Crippen molar-refractivity contribution in [2.75, 3.05) is 23.1 Å². The molecule has 1 aliphatic rings. The van der Waals surface area contributed by atoms with Gasteiger partial charge in [0, 0.05) is 5.69 Å². The Labute approximate surface area is 127 Å². The first-order chi connectivity index (χ1) is 9.89. The highest BCUT2D eigenvalue weighted by molar-refractivity contribution is 8.02. The highest BCUT2D eigenvalue weighted by Gasteiger charge is 2.34. The quantitative estimate of drug-likeness (QED) is 0.678. The van der Waals surface area contributed by atoms with Crippen LogP contribution in [0.25, 0.3) is 0 Å². The fourth-order valence-corrected chi connectivity index (χ4v) is 5.02. The molecule has 0 radical (unpaired) electrons. The second-order valence-electron chi connectivity index (χ2n) is 4.73. The zero-order valence-corrected chi connectivity index (χ0v) is 13.3. The van der Waals surface area contributed by atoms with Crippen molar-refractivity contribution in [1.82, 2.24) is 0 Å². The van der Waals surface area contributed by atoms with Crippen LogP contribution in [0.4, 0.5) is 10.5 Å². The lowest BCUT2D eigenvalue weighted by Gasteiger charge is -2.06. The third-order valence-corrected chi connectivity index (χ3v) is 5.77. The minimum Gasteiger partial charge on any atom is -0.298 e. The van der Waals surface area contributed by atoms with Gasteiger partial charge >= 0.3 is 6.09 Å². The number of oxime groups is 1. The first kappa shape index (κ1) is 15.8. The lowest BCUT2D eigenvalue weighted by Crippen LogP contribution is -2.17. The van der Waals surface area contributed by atoms with E-state index in [0.717, 1.165) is 5.56 Å². The molecule has 2 rings (SSSR count). The molecular weight excluding hydrogens is 312 g/mol. The molecule has 8 heteroatoms. The minimum atomic E-state index is -3.13. The molecule has 1 fully saturated rings. The number of thioether (sulfide) groups is 1. The van der Waals surface area contributed by atoms with E-state index in [1.165, 1.54) is 11.8 Å². The summed E-state index contributed by atoms with van der Waals surface area (Å²) < 4.78 is 23.1. The van der Waals surface area contributed by atoms with Crippen molar-refractivity contribution in [2.45, 2.75) is 12.2 Å². The molecule has 0 saturated carbocycles. The molecule has 0 aromatic heterocycles. The number of aryl methyl sites for hydroxylation is 1. The average Bonchev–Trinajstić information content (AvgIpc) is 2.73. The van der Waals surface area contributed by atoms with Gasteiger partial charge in [0.2, 0.25) is 0 Å². The molecule has 1 aliphatic heterocycles. The van der Waals surface area contributed by atoms with Crippen LogP contribution < -0.4 is 5.32 Å². The molecule has 1 heterocycles. The number of hydrogen-bond donors (Lipinski definition) is 1. The maximum Gasteiger partial charge on any atom is 0.437 e. The number of carbonyl (C=O) groups is 1. The Hall–Kier alpha value is -1.54. The zero-order valence-electron chi connectivity index (χ0n) is 11.7. The number of benzene rings is 1. The lowest BCUT2D eigenvalue weighted by atomic mass is 10.2. The number of hydrogen-bond acceptors (Lipinski definition) is 6. The Morgan fingerprint density at radius 1 is 1.38 bits per heavy atom. The fraction of sp³-hybridized carbons (Fsp3) is 0.385. The van der Waals surface area contributed by atoms with E-state index in [4.69, 9.17) is 4.84 Å². The van der Waals surface area contributed by atoms with Crippen LogP contribution >= 0.6 is 11.8 Å². The van der Waals surface area contributed by atoms with Crippen LogP contribution in [0.2, 0.25) is 0 Å². The van der Waals surface area contributed by atoms with E-state index in [-0.39, 0.29) is 16.8 Å². The van der Waals surface area contributed by atoms with Crippen molar-refractivity contribution >= 4 is 39.1 Å². The largest absolute Gasteiger partial charge is 0.437 e. The zero-order chi connectivity index (χ0) is 15.5. The second kappa shape index (κ2) is 6.48. The van der Waals surface area contributed by atoms with Crippen molar-refractivity contribution in [3.63, 3.8) is 0 Å². The number of nitrogens with one attached hydrogen (secondary N) is 1. The average molecular weight is 328 g/mol. The molecule has 0 bridgehead atoms. The summed E-state index contributed by atoms with van der Waals surface area (Å²) in [6, 6.07) is 7.20. The van der Waals surface area contributed by atoms with Gasteiger partial charge in [-0.3, -0.25) is 10.2 Å². The summed E-state index contributed by atoms with van der Waals surface area (Å²) in [7, 11) is -3.13. The normalized spacial score (nSPS) is 22.2. The van der Waals surface area contributed by atoms with Gasteiger partial charge in [-0.1, -0.05) is 22.9 Å². The molecule has 1 aromatic carbocycles. The third-order valence-electron chi connectivity index (χ3n) is 2.97. The van der Waals surface area contributed by atoms with Gasteiger partial charge in [0.1, 0.15) is 0 Å². The van der Waals surface area contributed by atoms with Gasteiger partial charge in [-0.25, -0.2) is 13.2 Å². The number of sulfone groups is 1. The Bertz CT molecular complexity index is 653. The van der Waals surface area contributed by atoms with Crippen molar-refractivity contribution in [2.24, 2.45) is 5.16 Å². The van der Waals surface area contributed by atoms with Crippen LogP contribution in [-0.2, 0) is 14.7 Å². The number of carbonyl (C=O) groups excluding carboxylic acids is 1. The maximum absolute atomic E-state index is 11.6. The van der Waals surface area contributed by atoms with Crippen molar-refractivity contribution in [1.29, 1.82) is 0 Å². The van der Waals surface area contributed by atoms with Gasteiger partial charge in [0.25, 0.3) is 0 Å². The number of nitrogens with zero attached hydrogens (tertiary/aromatic N) is 1. The van der Waals surface area contributed by atoms with E-state index in [1.54, 1.807) is 18.4 Å². The molecule has 0 unspecified atom stereocenters. The fourth-order valence-electron chi connectivity index (χ4n) is 1.87. The van der Waals surface area contributed by atoms with E-state index in [0.29, 0.717) is 11.4 Å². The van der Waals surface area contributed by atoms with E-state index in [2.05, 4.69) is 10.5 Å².